The minimum Gasteiger partial charge on any atom is -0.330 e. The van der Waals surface area contributed by atoms with Gasteiger partial charge in [-0.15, -0.1) is 11.3 Å². The van der Waals surface area contributed by atoms with Crippen LogP contribution in [-0.4, -0.2) is 6.54 Å². The second-order valence-corrected chi connectivity index (χ2v) is 5.44. The van der Waals surface area contributed by atoms with Gasteiger partial charge in [0.25, 0.3) is 0 Å². The molecule has 1 heterocycles. The molecule has 0 atom stereocenters. The fourth-order valence-electron chi connectivity index (χ4n) is 2.38. The van der Waals surface area contributed by atoms with Crippen LogP contribution >= 0.6 is 11.3 Å². The highest BCUT2D eigenvalue weighted by atomic mass is 32.1. The van der Waals surface area contributed by atoms with Gasteiger partial charge in [0.15, 0.2) is 0 Å². The monoisotopic (exact) mass is 209 g/mol. The van der Waals surface area contributed by atoms with Gasteiger partial charge in [0.2, 0.25) is 0 Å². The van der Waals surface area contributed by atoms with E-state index in [1.165, 1.54) is 32.1 Å². The van der Waals surface area contributed by atoms with E-state index in [-0.39, 0.29) is 0 Å². The Morgan fingerprint density at radius 2 is 1.93 bits per heavy atom. The molecule has 2 rings (SSSR count). The molecular weight excluding hydrogens is 190 g/mol. The summed E-state index contributed by atoms with van der Waals surface area (Å²) in [5.74, 6) is 1.74. The summed E-state index contributed by atoms with van der Waals surface area (Å²) in [5.41, 5.74) is 5.69. The molecule has 0 amide bonds. The van der Waals surface area contributed by atoms with E-state index < -0.39 is 0 Å². The summed E-state index contributed by atoms with van der Waals surface area (Å²) in [5, 5.41) is 2.18. The van der Waals surface area contributed by atoms with Crippen molar-refractivity contribution in [3.05, 3.63) is 22.4 Å². The summed E-state index contributed by atoms with van der Waals surface area (Å²) in [6, 6.07) is 4.42. The Morgan fingerprint density at radius 3 is 2.50 bits per heavy atom. The predicted octanol–water partition coefficient (Wildman–Crippen LogP) is 3.06. The van der Waals surface area contributed by atoms with Crippen LogP contribution in [0.3, 0.4) is 0 Å². The quantitative estimate of drug-likeness (QED) is 0.813. The third-order valence-corrected chi connectivity index (χ3v) is 4.27. The molecule has 1 aromatic rings. The zero-order valence-electron chi connectivity index (χ0n) is 8.61. The molecule has 0 spiro atoms. The molecule has 0 aliphatic heterocycles. The van der Waals surface area contributed by atoms with Crippen LogP contribution in [0, 0.1) is 11.8 Å². The van der Waals surface area contributed by atoms with Crippen LogP contribution in [0.2, 0.25) is 0 Å². The molecule has 1 aliphatic carbocycles. The maximum Gasteiger partial charge on any atom is 0.00479 e. The first-order valence-electron chi connectivity index (χ1n) is 5.61. The molecule has 0 aromatic carbocycles. The molecule has 0 saturated heterocycles. The van der Waals surface area contributed by atoms with E-state index in [9.17, 15) is 0 Å². The van der Waals surface area contributed by atoms with Crippen molar-refractivity contribution in [2.45, 2.75) is 32.1 Å². The van der Waals surface area contributed by atoms with Gasteiger partial charge >= 0.3 is 0 Å². The van der Waals surface area contributed by atoms with Crippen molar-refractivity contribution in [2.24, 2.45) is 17.6 Å². The lowest BCUT2D eigenvalue weighted by Crippen LogP contribution is -2.22. The molecule has 0 unspecified atom stereocenters. The molecule has 0 bridgehead atoms. The van der Waals surface area contributed by atoms with Crippen molar-refractivity contribution in [3.8, 4) is 0 Å². The SMILES string of the molecule is NCC1CCC(Cc2cccs2)CC1. The van der Waals surface area contributed by atoms with E-state index >= 15 is 0 Å². The van der Waals surface area contributed by atoms with E-state index in [2.05, 4.69) is 17.5 Å². The Morgan fingerprint density at radius 1 is 1.21 bits per heavy atom. The molecule has 0 radical (unpaired) electrons. The minimum atomic E-state index is 0.814. The summed E-state index contributed by atoms with van der Waals surface area (Å²) in [6.45, 7) is 0.895. The molecule has 78 valence electrons. The van der Waals surface area contributed by atoms with Crippen LogP contribution in [0.5, 0.6) is 0 Å². The fraction of sp³-hybridized carbons (Fsp3) is 0.667. The van der Waals surface area contributed by atoms with Crippen molar-refractivity contribution in [1.82, 2.24) is 0 Å². The Bertz CT molecular complexity index is 247. The van der Waals surface area contributed by atoms with Gasteiger partial charge in [-0.2, -0.15) is 0 Å². The van der Waals surface area contributed by atoms with Crippen molar-refractivity contribution in [1.29, 1.82) is 0 Å². The van der Waals surface area contributed by atoms with Crippen LogP contribution in [0.1, 0.15) is 30.6 Å². The number of hydrogen-bond acceptors (Lipinski definition) is 2. The predicted molar refractivity (Wildman–Crippen MR) is 62.5 cm³/mol. The van der Waals surface area contributed by atoms with Crippen LogP contribution in [0.25, 0.3) is 0 Å². The molecule has 14 heavy (non-hydrogen) atoms. The zero-order valence-corrected chi connectivity index (χ0v) is 9.43. The van der Waals surface area contributed by atoms with Crippen molar-refractivity contribution >= 4 is 11.3 Å². The highest BCUT2D eigenvalue weighted by Crippen LogP contribution is 2.31. The minimum absolute atomic E-state index is 0.814. The van der Waals surface area contributed by atoms with Gasteiger partial charge in [0.05, 0.1) is 0 Å². The van der Waals surface area contributed by atoms with E-state index in [1.54, 1.807) is 4.88 Å². The van der Waals surface area contributed by atoms with E-state index in [1.807, 2.05) is 11.3 Å². The van der Waals surface area contributed by atoms with Crippen molar-refractivity contribution in [2.75, 3.05) is 6.54 Å². The lowest BCUT2D eigenvalue weighted by molar-refractivity contribution is 0.279. The highest BCUT2D eigenvalue weighted by Gasteiger charge is 2.20. The molecule has 1 aromatic heterocycles. The third kappa shape index (κ3) is 2.58. The number of thiophene rings is 1. The van der Waals surface area contributed by atoms with Gasteiger partial charge in [-0.25, -0.2) is 0 Å². The van der Waals surface area contributed by atoms with Crippen LogP contribution < -0.4 is 5.73 Å². The Kier molecular flexibility index (Phi) is 3.60. The summed E-state index contributed by atoms with van der Waals surface area (Å²) >= 11 is 1.90. The van der Waals surface area contributed by atoms with E-state index in [0.29, 0.717) is 0 Å². The molecular formula is C12H19NS. The Labute approximate surface area is 90.3 Å². The first-order chi connectivity index (χ1) is 6.88. The third-order valence-electron chi connectivity index (χ3n) is 3.37. The molecule has 1 saturated carbocycles. The van der Waals surface area contributed by atoms with Gasteiger partial charge in [-0.05, 0) is 61.9 Å². The van der Waals surface area contributed by atoms with Crippen LogP contribution in [0.4, 0.5) is 0 Å². The summed E-state index contributed by atoms with van der Waals surface area (Å²) < 4.78 is 0. The van der Waals surface area contributed by atoms with Crippen molar-refractivity contribution in [3.63, 3.8) is 0 Å². The Balaban J connectivity index is 1.79. The van der Waals surface area contributed by atoms with Crippen molar-refractivity contribution < 1.29 is 0 Å². The molecule has 2 heteroatoms. The zero-order chi connectivity index (χ0) is 9.80. The second-order valence-electron chi connectivity index (χ2n) is 4.41. The summed E-state index contributed by atoms with van der Waals surface area (Å²) in [4.78, 5) is 1.56. The topological polar surface area (TPSA) is 26.0 Å². The smallest absolute Gasteiger partial charge is 0.00479 e. The normalized spacial score (nSPS) is 27.8. The summed E-state index contributed by atoms with van der Waals surface area (Å²) in [6.07, 6.45) is 6.79. The van der Waals surface area contributed by atoms with E-state index in [0.717, 1.165) is 18.4 Å². The van der Waals surface area contributed by atoms with Gasteiger partial charge in [-0.3, -0.25) is 0 Å². The van der Waals surface area contributed by atoms with E-state index in [4.69, 9.17) is 5.73 Å². The van der Waals surface area contributed by atoms with Gasteiger partial charge in [0, 0.05) is 4.88 Å². The molecule has 1 fully saturated rings. The average molecular weight is 209 g/mol. The average Bonchev–Trinajstić information content (AvgIpc) is 2.72. The first-order valence-corrected chi connectivity index (χ1v) is 6.49. The standard InChI is InChI=1S/C12H19NS/c13-9-11-5-3-10(4-6-11)8-12-2-1-7-14-12/h1-2,7,10-11H,3-6,8-9,13H2. The fourth-order valence-corrected chi connectivity index (χ4v) is 3.21. The van der Waals surface area contributed by atoms with Gasteiger partial charge < -0.3 is 5.73 Å². The maximum absolute atomic E-state index is 5.69. The van der Waals surface area contributed by atoms with Crippen LogP contribution in [-0.2, 0) is 6.42 Å². The number of hydrogen-bond donors (Lipinski definition) is 1. The van der Waals surface area contributed by atoms with Gasteiger partial charge in [-0.1, -0.05) is 6.07 Å². The van der Waals surface area contributed by atoms with Gasteiger partial charge in [0.1, 0.15) is 0 Å². The number of nitrogens with two attached hydrogens (primary N) is 1. The first kappa shape index (κ1) is 10.2. The summed E-state index contributed by atoms with van der Waals surface area (Å²) in [7, 11) is 0. The Hall–Kier alpha value is -0.340. The molecule has 2 N–H and O–H groups in total. The largest absolute Gasteiger partial charge is 0.330 e. The molecule has 1 aliphatic rings. The molecule has 1 nitrogen and oxygen atoms in total. The number of rotatable bonds is 3. The second kappa shape index (κ2) is 4.94. The van der Waals surface area contributed by atoms with Crippen LogP contribution in [0.15, 0.2) is 17.5 Å². The lowest BCUT2D eigenvalue weighted by atomic mass is 9.80. The highest BCUT2D eigenvalue weighted by molar-refractivity contribution is 7.09. The maximum atomic E-state index is 5.69. The lowest BCUT2D eigenvalue weighted by Gasteiger charge is -2.27.